The van der Waals surface area contributed by atoms with Gasteiger partial charge in [-0.1, -0.05) is 37.6 Å². The molecular formula is C24H42IN5O. The number of aliphatic imine (C=N–C) groups is 1. The van der Waals surface area contributed by atoms with E-state index in [-0.39, 0.29) is 24.0 Å². The number of nitrogens with zero attached hydrogens (tertiary/aromatic N) is 3. The van der Waals surface area contributed by atoms with Crippen molar-refractivity contribution in [2.75, 3.05) is 59.0 Å². The lowest BCUT2D eigenvalue weighted by atomic mass is 10.1. The van der Waals surface area contributed by atoms with Crippen molar-refractivity contribution >= 4 is 29.9 Å². The summed E-state index contributed by atoms with van der Waals surface area (Å²) < 4.78 is 5.44. The second-order valence-corrected chi connectivity index (χ2v) is 8.75. The van der Waals surface area contributed by atoms with Crippen LogP contribution in [0.3, 0.4) is 0 Å². The Morgan fingerprint density at radius 2 is 1.65 bits per heavy atom. The van der Waals surface area contributed by atoms with Crippen molar-refractivity contribution in [2.45, 2.75) is 46.2 Å². The lowest BCUT2D eigenvalue weighted by Gasteiger charge is -2.29. The van der Waals surface area contributed by atoms with E-state index in [0.717, 1.165) is 58.4 Å². The predicted octanol–water partition coefficient (Wildman–Crippen LogP) is 3.31. The van der Waals surface area contributed by atoms with Gasteiger partial charge in [-0.2, -0.15) is 0 Å². The van der Waals surface area contributed by atoms with E-state index in [4.69, 9.17) is 9.73 Å². The average Bonchev–Trinajstić information content (AvgIpc) is 2.78. The van der Waals surface area contributed by atoms with Gasteiger partial charge in [0.2, 0.25) is 0 Å². The zero-order chi connectivity index (χ0) is 21.0. The van der Waals surface area contributed by atoms with E-state index in [2.05, 4.69) is 58.5 Å². The molecule has 0 amide bonds. The van der Waals surface area contributed by atoms with E-state index in [1.54, 1.807) is 0 Å². The molecule has 0 radical (unpaired) electrons. The van der Waals surface area contributed by atoms with Gasteiger partial charge in [0.05, 0.1) is 19.8 Å². The fourth-order valence-corrected chi connectivity index (χ4v) is 4.20. The molecule has 0 aromatic heterocycles. The summed E-state index contributed by atoms with van der Waals surface area (Å²) in [5.41, 5.74) is 2.67. The molecule has 2 aliphatic heterocycles. The topological polar surface area (TPSA) is 52.1 Å². The molecule has 31 heavy (non-hydrogen) atoms. The van der Waals surface area contributed by atoms with E-state index >= 15 is 0 Å². The third-order valence-electron chi connectivity index (χ3n) is 5.93. The van der Waals surface area contributed by atoms with Gasteiger partial charge in [-0.05, 0) is 49.9 Å². The molecule has 176 valence electrons. The molecular weight excluding hydrogens is 501 g/mol. The molecule has 0 saturated carbocycles. The number of morpholine rings is 1. The Hall–Kier alpha value is -0.900. The number of likely N-dealkylation sites (tertiary alicyclic amines) is 1. The van der Waals surface area contributed by atoms with Gasteiger partial charge in [-0.15, -0.1) is 24.0 Å². The maximum Gasteiger partial charge on any atom is 0.191 e. The Morgan fingerprint density at radius 3 is 2.32 bits per heavy atom. The lowest BCUT2D eigenvalue weighted by molar-refractivity contribution is 0.0320. The highest BCUT2D eigenvalue weighted by Crippen LogP contribution is 2.14. The number of ether oxygens (including phenoxy) is 1. The van der Waals surface area contributed by atoms with E-state index in [1.165, 1.54) is 43.5 Å². The molecule has 1 atom stereocenters. The van der Waals surface area contributed by atoms with Crippen LogP contribution < -0.4 is 10.6 Å². The van der Waals surface area contributed by atoms with E-state index in [0.29, 0.717) is 12.5 Å². The highest BCUT2D eigenvalue weighted by Gasteiger charge is 2.14. The fraction of sp³-hybridized carbons (Fsp3) is 0.708. The molecule has 2 heterocycles. The van der Waals surface area contributed by atoms with Crippen molar-refractivity contribution in [1.29, 1.82) is 0 Å². The highest BCUT2D eigenvalue weighted by molar-refractivity contribution is 14.0. The minimum atomic E-state index is 0. The first-order valence-electron chi connectivity index (χ1n) is 11.9. The SMILES string of the molecule is CCNC(=NCc1ccc(CN2CCCCC2)cc1)NCC(C)CN1CCOCC1.I. The van der Waals surface area contributed by atoms with Gasteiger partial charge in [0.1, 0.15) is 0 Å². The Kier molecular flexibility index (Phi) is 12.8. The van der Waals surface area contributed by atoms with Crippen LogP contribution in [-0.2, 0) is 17.8 Å². The summed E-state index contributed by atoms with van der Waals surface area (Å²) in [6, 6.07) is 9.00. The van der Waals surface area contributed by atoms with Crippen LogP contribution in [-0.4, -0.2) is 74.8 Å². The molecule has 1 unspecified atom stereocenters. The Labute approximate surface area is 206 Å². The molecule has 6 nitrogen and oxygen atoms in total. The zero-order valence-corrected chi connectivity index (χ0v) is 21.8. The molecule has 1 aromatic rings. The van der Waals surface area contributed by atoms with Crippen LogP contribution in [0.25, 0.3) is 0 Å². The van der Waals surface area contributed by atoms with Crippen molar-refractivity contribution in [3.05, 3.63) is 35.4 Å². The molecule has 2 aliphatic rings. The first kappa shape index (κ1) is 26.4. The summed E-state index contributed by atoms with van der Waals surface area (Å²) in [5, 5.41) is 6.90. The minimum Gasteiger partial charge on any atom is -0.379 e. The quantitative estimate of drug-likeness (QED) is 0.285. The van der Waals surface area contributed by atoms with Crippen LogP contribution in [0.5, 0.6) is 0 Å². The van der Waals surface area contributed by atoms with Crippen molar-refractivity contribution in [3.8, 4) is 0 Å². The summed E-state index contributed by atoms with van der Waals surface area (Å²) in [4.78, 5) is 9.86. The Balaban J connectivity index is 0.00000341. The average molecular weight is 544 g/mol. The summed E-state index contributed by atoms with van der Waals surface area (Å²) in [5.74, 6) is 1.48. The number of piperidine rings is 1. The number of rotatable bonds is 9. The van der Waals surface area contributed by atoms with Crippen molar-refractivity contribution in [3.63, 3.8) is 0 Å². The van der Waals surface area contributed by atoms with Crippen LogP contribution in [0.1, 0.15) is 44.2 Å². The molecule has 2 N–H and O–H groups in total. The third kappa shape index (κ3) is 10.1. The molecule has 1 aromatic carbocycles. The smallest absolute Gasteiger partial charge is 0.191 e. The molecule has 7 heteroatoms. The molecule has 2 saturated heterocycles. The summed E-state index contributed by atoms with van der Waals surface area (Å²) >= 11 is 0. The minimum absolute atomic E-state index is 0. The Bertz CT molecular complexity index is 627. The Morgan fingerprint density at radius 1 is 0.968 bits per heavy atom. The maximum atomic E-state index is 5.44. The van der Waals surface area contributed by atoms with Gasteiger partial charge < -0.3 is 15.4 Å². The van der Waals surface area contributed by atoms with Gasteiger partial charge in [-0.25, -0.2) is 4.99 Å². The summed E-state index contributed by atoms with van der Waals surface area (Å²) in [6.45, 7) is 15.4. The van der Waals surface area contributed by atoms with Crippen LogP contribution in [0.2, 0.25) is 0 Å². The second kappa shape index (κ2) is 15.0. The van der Waals surface area contributed by atoms with Crippen molar-refractivity contribution in [1.82, 2.24) is 20.4 Å². The zero-order valence-electron chi connectivity index (χ0n) is 19.4. The van der Waals surface area contributed by atoms with Gasteiger partial charge in [0.25, 0.3) is 0 Å². The standard InChI is InChI=1S/C24H41N5O.HI/c1-3-25-24(26-17-21(2)19-29-13-15-30-16-14-29)27-18-22-7-9-23(10-8-22)20-28-11-5-4-6-12-28;/h7-10,21H,3-6,11-20H2,1-2H3,(H2,25,26,27);1H. The number of nitrogens with one attached hydrogen (secondary N) is 2. The predicted molar refractivity (Wildman–Crippen MR) is 140 cm³/mol. The van der Waals surface area contributed by atoms with Crippen LogP contribution in [0, 0.1) is 5.92 Å². The van der Waals surface area contributed by atoms with E-state index < -0.39 is 0 Å². The number of benzene rings is 1. The van der Waals surface area contributed by atoms with Crippen LogP contribution in [0.4, 0.5) is 0 Å². The third-order valence-corrected chi connectivity index (χ3v) is 5.93. The first-order valence-corrected chi connectivity index (χ1v) is 11.9. The molecule has 0 aliphatic carbocycles. The molecule has 3 rings (SSSR count). The molecule has 0 spiro atoms. The summed E-state index contributed by atoms with van der Waals surface area (Å²) in [6.07, 6.45) is 4.08. The first-order chi connectivity index (χ1) is 14.7. The van der Waals surface area contributed by atoms with E-state index in [9.17, 15) is 0 Å². The van der Waals surface area contributed by atoms with Crippen molar-refractivity contribution < 1.29 is 4.74 Å². The van der Waals surface area contributed by atoms with Gasteiger partial charge in [0.15, 0.2) is 5.96 Å². The molecule has 2 fully saturated rings. The number of hydrogen-bond donors (Lipinski definition) is 2. The lowest BCUT2D eigenvalue weighted by Crippen LogP contribution is -2.44. The normalized spacial score (nSPS) is 19.5. The number of halogens is 1. The number of hydrogen-bond acceptors (Lipinski definition) is 4. The maximum absolute atomic E-state index is 5.44. The highest BCUT2D eigenvalue weighted by atomic mass is 127. The monoisotopic (exact) mass is 543 g/mol. The summed E-state index contributed by atoms with van der Waals surface area (Å²) in [7, 11) is 0. The van der Waals surface area contributed by atoms with Gasteiger partial charge >= 0.3 is 0 Å². The van der Waals surface area contributed by atoms with Gasteiger partial charge in [-0.3, -0.25) is 9.80 Å². The van der Waals surface area contributed by atoms with E-state index in [1.807, 2.05) is 0 Å². The fourth-order valence-electron chi connectivity index (χ4n) is 4.20. The van der Waals surface area contributed by atoms with Crippen LogP contribution >= 0.6 is 24.0 Å². The van der Waals surface area contributed by atoms with Gasteiger partial charge in [0, 0.05) is 39.3 Å². The van der Waals surface area contributed by atoms with Crippen LogP contribution in [0.15, 0.2) is 29.3 Å². The van der Waals surface area contributed by atoms with Crippen molar-refractivity contribution in [2.24, 2.45) is 10.9 Å². The largest absolute Gasteiger partial charge is 0.379 e. The molecule has 0 bridgehead atoms. The second-order valence-electron chi connectivity index (χ2n) is 8.75. The number of guanidine groups is 1.